The number of aromatic nitrogens is 1. The first-order valence-electron chi connectivity index (χ1n) is 5.31. The predicted molar refractivity (Wildman–Crippen MR) is 65.2 cm³/mol. The van der Waals surface area contributed by atoms with Crippen LogP contribution in [0.3, 0.4) is 0 Å². The lowest BCUT2D eigenvalue weighted by molar-refractivity contribution is 0.0731. The lowest BCUT2D eigenvalue weighted by Gasteiger charge is -2.26. The summed E-state index contributed by atoms with van der Waals surface area (Å²) in [7, 11) is 3.86. The summed E-state index contributed by atoms with van der Waals surface area (Å²) < 4.78 is 0. The Morgan fingerprint density at radius 1 is 1.50 bits per heavy atom. The van der Waals surface area contributed by atoms with E-state index in [1.54, 1.807) is 0 Å². The fourth-order valence-electron chi connectivity index (χ4n) is 1.60. The summed E-state index contributed by atoms with van der Waals surface area (Å²) in [6.45, 7) is 3.29. The Morgan fingerprint density at radius 2 is 2.19 bits per heavy atom. The van der Waals surface area contributed by atoms with E-state index < -0.39 is 0 Å². The molecule has 0 aliphatic carbocycles. The van der Waals surface area contributed by atoms with Gasteiger partial charge in [0.25, 0.3) is 5.91 Å². The highest BCUT2D eigenvalue weighted by molar-refractivity contribution is 7.13. The van der Waals surface area contributed by atoms with Crippen LogP contribution in [0.15, 0.2) is 5.38 Å². The predicted octanol–water partition coefficient (Wildman–Crippen LogP) is 0.255. The summed E-state index contributed by atoms with van der Waals surface area (Å²) in [4.78, 5) is 20.1. The Kier molecular flexibility index (Phi) is 3.40. The summed E-state index contributed by atoms with van der Waals surface area (Å²) in [6, 6.07) is 0. The number of nitrogens with one attached hydrogen (secondary N) is 1. The quantitative estimate of drug-likeness (QED) is 0.805. The van der Waals surface area contributed by atoms with E-state index >= 15 is 0 Å². The Balaban J connectivity index is 2.07. The van der Waals surface area contributed by atoms with Crippen LogP contribution in [0, 0.1) is 0 Å². The first kappa shape index (κ1) is 11.3. The summed E-state index contributed by atoms with van der Waals surface area (Å²) >= 11 is 1.50. The van der Waals surface area contributed by atoms with Gasteiger partial charge in [-0.25, -0.2) is 4.98 Å². The van der Waals surface area contributed by atoms with Crippen molar-refractivity contribution in [2.75, 3.05) is 45.2 Å². The number of amides is 1. The highest BCUT2D eigenvalue weighted by Crippen LogP contribution is 2.19. The molecule has 0 aromatic carbocycles. The number of anilines is 1. The van der Waals surface area contributed by atoms with Gasteiger partial charge in [0.1, 0.15) is 5.69 Å². The summed E-state index contributed by atoms with van der Waals surface area (Å²) in [5.41, 5.74) is 0.565. The van der Waals surface area contributed by atoms with Crippen LogP contribution < -0.4 is 10.2 Å². The van der Waals surface area contributed by atoms with Crippen molar-refractivity contribution in [1.29, 1.82) is 0 Å². The Hall–Kier alpha value is -1.14. The van der Waals surface area contributed by atoms with Gasteiger partial charge < -0.3 is 15.1 Å². The molecule has 0 radical (unpaired) electrons. The van der Waals surface area contributed by atoms with E-state index in [0.717, 1.165) is 31.3 Å². The molecule has 5 nitrogen and oxygen atoms in total. The lowest BCUT2D eigenvalue weighted by atomic mass is 10.3. The van der Waals surface area contributed by atoms with E-state index in [9.17, 15) is 4.79 Å². The van der Waals surface area contributed by atoms with Crippen LogP contribution in [0.5, 0.6) is 0 Å². The molecule has 2 heterocycles. The lowest BCUT2D eigenvalue weighted by Crippen LogP contribution is -2.46. The molecule has 1 N–H and O–H groups in total. The molecule has 88 valence electrons. The maximum atomic E-state index is 12.1. The molecule has 0 atom stereocenters. The third-order valence-corrected chi connectivity index (χ3v) is 3.51. The van der Waals surface area contributed by atoms with Gasteiger partial charge in [-0.15, -0.1) is 11.3 Å². The van der Waals surface area contributed by atoms with Gasteiger partial charge in [0.2, 0.25) is 0 Å². The molecule has 1 aliphatic rings. The molecule has 0 spiro atoms. The molecule has 2 rings (SSSR count). The first-order valence-corrected chi connectivity index (χ1v) is 6.19. The van der Waals surface area contributed by atoms with Crippen molar-refractivity contribution >= 4 is 22.4 Å². The van der Waals surface area contributed by atoms with Crippen LogP contribution in [-0.2, 0) is 0 Å². The number of carbonyl (C=O) groups excluding carboxylic acids is 1. The number of piperazine rings is 1. The third kappa shape index (κ3) is 2.33. The first-order chi connectivity index (χ1) is 7.68. The summed E-state index contributed by atoms with van der Waals surface area (Å²) in [5, 5.41) is 5.93. The minimum atomic E-state index is 0.0471. The SMILES string of the molecule is CN(C)c1nc(C(=O)N2CCNCC2)cs1. The van der Waals surface area contributed by atoms with Gasteiger partial charge in [-0.3, -0.25) is 4.79 Å². The minimum Gasteiger partial charge on any atom is -0.354 e. The normalized spacial score (nSPS) is 16.2. The van der Waals surface area contributed by atoms with Gasteiger partial charge in [-0.05, 0) is 0 Å². The molecular weight excluding hydrogens is 224 g/mol. The van der Waals surface area contributed by atoms with Crippen molar-refractivity contribution in [3.05, 3.63) is 11.1 Å². The van der Waals surface area contributed by atoms with Gasteiger partial charge in [0.15, 0.2) is 5.13 Å². The topological polar surface area (TPSA) is 48.5 Å². The average Bonchev–Trinajstić information content (AvgIpc) is 2.78. The second kappa shape index (κ2) is 4.80. The van der Waals surface area contributed by atoms with Crippen molar-refractivity contribution < 1.29 is 4.79 Å². The molecular formula is C10H16N4OS. The largest absolute Gasteiger partial charge is 0.354 e. The van der Waals surface area contributed by atoms with Crippen molar-refractivity contribution in [2.45, 2.75) is 0 Å². The summed E-state index contributed by atoms with van der Waals surface area (Å²) in [6.07, 6.45) is 0. The number of hydrogen-bond donors (Lipinski definition) is 1. The van der Waals surface area contributed by atoms with Crippen LogP contribution in [0.4, 0.5) is 5.13 Å². The molecule has 0 saturated carbocycles. The van der Waals surface area contributed by atoms with E-state index in [4.69, 9.17) is 0 Å². The standard InChI is InChI=1S/C10H16N4OS/c1-13(2)10-12-8(7-16-10)9(15)14-5-3-11-4-6-14/h7,11H,3-6H2,1-2H3. The highest BCUT2D eigenvalue weighted by atomic mass is 32.1. The van der Waals surface area contributed by atoms with Gasteiger partial charge in [0.05, 0.1) is 0 Å². The zero-order valence-electron chi connectivity index (χ0n) is 9.56. The number of rotatable bonds is 2. The number of carbonyl (C=O) groups is 1. The van der Waals surface area contributed by atoms with Gasteiger partial charge in [-0.1, -0.05) is 0 Å². The van der Waals surface area contributed by atoms with E-state index in [2.05, 4.69) is 10.3 Å². The summed E-state index contributed by atoms with van der Waals surface area (Å²) in [5.74, 6) is 0.0471. The van der Waals surface area contributed by atoms with E-state index in [1.165, 1.54) is 11.3 Å². The monoisotopic (exact) mass is 240 g/mol. The van der Waals surface area contributed by atoms with Crippen molar-refractivity contribution in [1.82, 2.24) is 15.2 Å². The van der Waals surface area contributed by atoms with Crippen molar-refractivity contribution in [3.8, 4) is 0 Å². The number of thiazole rings is 1. The molecule has 6 heteroatoms. The van der Waals surface area contributed by atoms with Crippen LogP contribution in [-0.4, -0.2) is 56.1 Å². The fraction of sp³-hybridized carbons (Fsp3) is 0.600. The molecule has 1 aliphatic heterocycles. The van der Waals surface area contributed by atoms with Crippen LogP contribution in [0.25, 0.3) is 0 Å². The molecule has 0 unspecified atom stereocenters. The van der Waals surface area contributed by atoms with E-state index in [1.807, 2.05) is 29.3 Å². The Bertz CT molecular complexity index is 371. The smallest absolute Gasteiger partial charge is 0.273 e. The average molecular weight is 240 g/mol. The molecule has 0 bridgehead atoms. The fourth-order valence-corrected chi connectivity index (χ4v) is 2.33. The third-order valence-electron chi connectivity index (χ3n) is 2.50. The zero-order valence-corrected chi connectivity index (χ0v) is 10.4. The number of hydrogen-bond acceptors (Lipinski definition) is 5. The van der Waals surface area contributed by atoms with Crippen LogP contribution in [0.1, 0.15) is 10.5 Å². The Labute approximate surface area is 99.1 Å². The van der Waals surface area contributed by atoms with Crippen LogP contribution >= 0.6 is 11.3 Å². The van der Waals surface area contributed by atoms with Crippen molar-refractivity contribution in [3.63, 3.8) is 0 Å². The van der Waals surface area contributed by atoms with Crippen molar-refractivity contribution in [2.24, 2.45) is 0 Å². The van der Waals surface area contributed by atoms with Gasteiger partial charge in [-0.2, -0.15) is 0 Å². The second-order valence-electron chi connectivity index (χ2n) is 3.95. The molecule has 1 aromatic rings. The molecule has 1 fully saturated rings. The molecule has 1 aromatic heterocycles. The highest BCUT2D eigenvalue weighted by Gasteiger charge is 2.20. The van der Waals surface area contributed by atoms with E-state index in [0.29, 0.717) is 5.69 Å². The molecule has 16 heavy (non-hydrogen) atoms. The van der Waals surface area contributed by atoms with Gasteiger partial charge in [0, 0.05) is 45.7 Å². The maximum Gasteiger partial charge on any atom is 0.273 e. The molecule has 1 saturated heterocycles. The maximum absolute atomic E-state index is 12.1. The zero-order chi connectivity index (χ0) is 11.5. The van der Waals surface area contributed by atoms with Gasteiger partial charge >= 0.3 is 0 Å². The Morgan fingerprint density at radius 3 is 2.75 bits per heavy atom. The van der Waals surface area contributed by atoms with E-state index in [-0.39, 0.29) is 5.91 Å². The molecule has 1 amide bonds. The van der Waals surface area contributed by atoms with Crippen LogP contribution in [0.2, 0.25) is 0 Å². The second-order valence-corrected chi connectivity index (χ2v) is 4.79. The number of nitrogens with zero attached hydrogens (tertiary/aromatic N) is 3. The minimum absolute atomic E-state index is 0.0471.